The first-order chi connectivity index (χ1) is 13.2. The summed E-state index contributed by atoms with van der Waals surface area (Å²) in [4.78, 5) is 21.3. The number of carbonyl (C=O) groups excluding carboxylic acids is 1. The van der Waals surface area contributed by atoms with Crippen molar-refractivity contribution in [2.24, 2.45) is 4.99 Å². The minimum atomic E-state index is -0.0801. The van der Waals surface area contributed by atoms with Gasteiger partial charge >= 0.3 is 0 Å². The fourth-order valence-electron chi connectivity index (χ4n) is 3.08. The van der Waals surface area contributed by atoms with Gasteiger partial charge in [-0.05, 0) is 42.3 Å². The Kier molecular flexibility index (Phi) is 4.66. The van der Waals surface area contributed by atoms with Crippen molar-refractivity contribution in [1.29, 1.82) is 0 Å². The minimum Gasteiger partial charge on any atom is -0.494 e. The Balaban J connectivity index is 1.76. The Morgan fingerprint density at radius 1 is 1.04 bits per heavy atom. The zero-order valence-electron chi connectivity index (χ0n) is 15.0. The van der Waals surface area contributed by atoms with E-state index in [0.717, 1.165) is 28.2 Å². The van der Waals surface area contributed by atoms with Crippen LogP contribution in [0.15, 0.2) is 72.0 Å². The summed E-state index contributed by atoms with van der Waals surface area (Å²) in [6.07, 6.45) is 3.79. The molecule has 134 valence electrons. The van der Waals surface area contributed by atoms with Crippen molar-refractivity contribution in [3.8, 4) is 16.9 Å². The van der Waals surface area contributed by atoms with Crippen LogP contribution in [0.5, 0.6) is 5.75 Å². The second-order valence-corrected chi connectivity index (χ2v) is 6.22. The van der Waals surface area contributed by atoms with Crippen LogP contribution in [0, 0.1) is 0 Å². The molecule has 0 fully saturated rings. The van der Waals surface area contributed by atoms with Crippen LogP contribution >= 0.6 is 0 Å². The third-order valence-corrected chi connectivity index (χ3v) is 4.33. The van der Waals surface area contributed by atoms with Crippen LogP contribution in [-0.4, -0.2) is 23.2 Å². The molecular weight excluding hydrogens is 338 g/mol. The molecular formula is C22H19N3O2. The van der Waals surface area contributed by atoms with E-state index in [1.54, 1.807) is 6.20 Å². The standard InChI is InChI=1S/C22H19N3O2/c1-2-27-18-8-9-19-21(12-18)24-20(13-22(26)25-19)16-6-3-5-15(11-16)17-7-4-10-23-14-17/h3-12,14H,2,13H2,1H3,(H,25,26). The number of hydrogen-bond acceptors (Lipinski definition) is 4. The smallest absolute Gasteiger partial charge is 0.230 e. The molecule has 5 nitrogen and oxygen atoms in total. The number of amides is 1. The van der Waals surface area contributed by atoms with Crippen molar-refractivity contribution in [3.05, 3.63) is 72.6 Å². The lowest BCUT2D eigenvalue weighted by molar-refractivity contribution is -0.115. The van der Waals surface area contributed by atoms with Crippen molar-refractivity contribution in [2.45, 2.75) is 13.3 Å². The number of ether oxygens (including phenoxy) is 1. The van der Waals surface area contributed by atoms with Gasteiger partial charge in [-0.2, -0.15) is 0 Å². The molecule has 0 saturated heterocycles. The molecule has 4 rings (SSSR count). The second-order valence-electron chi connectivity index (χ2n) is 6.22. The van der Waals surface area contributed by atoms with E-state index in [9.17, 15) is 4.79 Å². The number of pyridine rings is 1. The summed E-state index contributed by atoms with van der Waals surface area (Å²) in [5.74, 6) is 0.656. The van der Waals surface area contributed by atoms with E-state index in [0.29, 0.717) is 18.0 Å². The van der Waals surface area contributed by atoms with Crippen LogP contribution in [0.3, 0.4) is 0 Å². The Morgan fingerprint density at radius 3 is 2.70 bits per heavy atom. The summed E-state index contributed by atoms with van der Waals surface area (Å²) in [7, 11) is 0. The molecule has 2 heterocycles. The molecule has 0 saturated carbocycles. The number of aromatic nitrogens is 1. The molecule has 0 radical (unpaired) electrons. The molecule has 0 aliphatic carbocycles. The van der Waals surface area contributed by atoms with Gasteiger partial charge in [0.1, 0.15) is 5.75 Å². The first-order valence-electron chi connectivity index (χ1n) is 8.88. The highest BCUT2D eigenvalue weighted by atomic mass is 16.5. The van der Waals surface area contributed by atoms with E-state index in [2.05, 4.69) is 10.3 Å². The van der Waals surface area contributed by atoms with Crippen LogP contribution < -0.4 is 10.1 Å². The molecule has 0 atom stereocenters. The van der Waals surface area contributed by atoms with Gasteiger partial charge in [0.15, 0.2) is 0 Å². The molecule has 1 N–H and O–H groups in total. The van der Waals surface area contributed by atoms with Crippen molar-refractivity contribution in [2.75, 3.05) is 11.9 Å². The molecule has 1 amide bonds. The Labute approximate surface area is 157 Å². The molecule has 5 heteroatoms. The number of nitrogens with zero attached hydrogens (tertiary/aromatic N) is 2. The van der Waals surface area contributed by atoms with Crippen LogP contribution in [0.1, 0.15) is 18.9 Å². The first-order valence-corrected chi connectivity index (χ1v) is 8.88. The Morgan fingerprint density at radius 2 is 1.89 bits per heavy atom. The average molecular weight is 357 g/mol. The van der Waals surface area contributed by atoms with Crippen molar-refractivity contribution in [1.82, 2.24) is 4.98 Å². The van der Waals surface area contributed by atoms with Gasteiger partial charge in [0.25, 0.3) is 0 Å². The van der Waals surface area contributed by atoms with Crippen molar-refractivity contribution >= 4 is 23.0 Å². The fourth-order valence-corrected chi connectivity index (χ4v) is 3.08. The number of nitrogens with one attached hydrogen (secondary N) is 1. The summed E-state index contributed by atoms with van der Waals surface area (Å²) in [6.45, 7) is 2.51. The fraction of sp³-hybridized carbons (Fsp3) is 0.136. The van der Waals surface area contributed by atoms with Crippen LogP contribution in [-0.2, 0) is 4.79 Å². The second kappa shape index (κ2) is 7.41. The van der Waals surface area contributed by atoms with Crippen molar-refractivity contribution < 1.29 is 9.53 Å². The topological polar surface area (TPSA) is 63.6 Å². The first kappa shape index (κ1) is 17.0. The molecule has 1 aromatic heterocycles. The van der Waals surface area contributed by atoms with Gasteiger partial charge in [-0.15, -0.1) is 0 Å². The van der Waals surface area contributed by atoms with E-state index in [-0.39, 0.29) is 12.3 Å². The molecule has 0 unspecified atom stereocenters. The van der Waals surface area contributed by atoms with Gasteiger partial charge in [-0.3, -0.25) is 9.78 Å². The SMILES string of the molecule is CCOc1ccc2c(c1)N=C(c1cccc(-c3cccnc3)c1)CC(=O)N2. The van der Waals surface area contributed by atoms with Gasteiger partial charge in [0, 0.05) is 24.0 Å². The van der Waals surface area contributed by atoms with E-state index < -0.39 is 0 Å². The Hall–Kier alpha value is -3.47. The average Bonchev–Trinajstić information content (AvgIpc) is 2.87. The number of aliphatic imine (C=N–C) groups is 1. The largest absolute Gasteiger partial charge is 0.494 e. The quantitative estimate of drug-likeness (QED) is 0.741. The zero-order chi connectivity index (χ0) is 18.6. The number of fused-ring (bicyclic) bond motifs is 1. The molecule has 0 spiro atoms. The van der Waals surface area contributed by atoms with E-state index >= 15 is 0 Å². The lowest BCUT2D eigenvalue weighted by Gasteiger charge is -2.08. The van der Waals surface area contributed by atoms with Gasteiger partial charge in [-0.25, -0.2) is 4.99 Å². The summed E-state index contributed by atoms with van der Waals surface area (Å²) in [6, 6.07) is 17.5. The van der Waals surface area contributed by atoms with E-state index in [1.165, 1.54) is 0 Å². The van der Waals surface area contributed by atoms with E-state index in [1.807, 2.05) is 67.7 Å². The highest BCUT2D eigenvalue weighted by Crippen LogP contribution is 2.33. The minimum absolute atomic E-state index is 0.0801. The zero-order valence-corrected chi connectivity index (χ0v) is 15.0. The molecule has 0 bridgehead atoms. The number of benzene rings is 2. The number of rotatable bonds is 4. The third kappa shape index (κ3) is 3.72. The summed E-state index contributed by atoms with van der Waals surface area (Å²) < 4.78 is 5.57. The highest BCUT2D eigenvalue weighted by molar-refractivity contribution is 6.17. The number of anilines is 1. The van der Waals surface area contributed by atoms with Crippen LogP contribution in [0.2, 0.25) is 0 Å². The molecule has 2 aromatic carbocycles. The monoisotopic (exact) mass is 357 g/mol. The summed E-state index contributed by atoms with van der Waals surface area (Å²) >= 11 is 0. The van der Waals surface area contributed by atoms with Gasteiger partial charge in [0.05, 0.1) is 30.1 Å². The lowest BCUT2D eigenvalue weighted by Crippen LogP contribution is -2.15. The predicted octanol–water partition coefficient (Wildman–Crippen LogP) is 4.61. The van der Waals surface area contributed by atoms with Gasteiger partial charge in [-0.1, -0.05) is 24.3 Å². The van der Waals surface area contributed by atoms with Gasteiger partial charge < -0.3 is 10.1 Å². The maximum Gasteiger partial charge on any atom is 0.230 e. The maximum atomic E-state index is 12.4. The third-order valence-electron chi connectivity index (χ3n) is 4.33. The molecule has 1 aliphatic rings. The van der Waals surface area contributed by atoms with Crippen molar-refractivity contribution in [3.63, 3.8) is 0 Å². The Bertz CT molecular complexity index is 1010. The molecule has 27 heavy (non-hydrogen) atoms. The number of carbonyl (C=O) groups is 1. The molecule has 1 aliphatic heterocycles. The summed E-state index contributed by atoms with van der Waals surface area (Å²) in [5.41, 5.74) is 5.11. The lowest BCUT2D eigenvalue weighted by atomic mass is 10.0. The van der Waals surface area contributed by atoms with E-state index in [4.69, 9.17) is 9.73 Å². The number of hydrogen-bond donors (Lipinski definition) is 1. The van der Waals surface area contributed by atoms with Gasteiger partial charge in [0.2, 0.25) is 5.91 Å². The predicted molar refractivity (Wildman–Crippen MR) is 107 cm³/mol. The normalized spacial score (nSPS) is 13.2. The maximum absolute atomic E-state index is 12.4. The van der Waals surface area contributed by atoms with Crippen LogP contribution in [0.25, 0.3) is 11.1 Å². The molecule has 3 aromatic rings. The summed E-state index contributed by atoms with van der Waals surface area (Å²) in [5, 5.41) is 2.92. The highest BCUT2D eigenvalue weighted by Gasteiger charge is 2.18. The van der Waals surface area contributed by atoms with Crippen LogP contribution in [0.4, 0.5) is 11.4 Å².